The lowest BCUT2D eigenvalue weighted by Crippen LogP contribution is -2.09. The first kappa shape index (κ1) is 9.43. The third-order valence-corrected chi connectivity index (χ3v) is 0.899. The van der Waals surface area contributed by atoms with E-state index in [0.717, 1.165) is 0 Å². The average molecular weight is 145 g/mol. The summed E-state index contributed by atoms with van der Waals surface area (Å²) in [4.78, 5) is 10.4. The molecule has 0 aliphatic heterocycles. The van der Waals surface area contributed by atoms with Gasteiger partial charge in [0.1, 0.15) is 6.61 Å². The summed E-state index contributed by atoms with van der Waals surface area (Å²) in [5, 5.41) is 0. The van der Waals surface area contributed by atoms with Gasteiger partial charge in [-0.1, -0.05) is 0 Å². The van der Waals surface area contributed by atoms with Crippen LogP contribution in [0.25, 0.3) is 0 Å². The molecule has 0 aromatic heterocycles. The summed E-state index contributed by atoms with van der Waals surface area (Å²) in [6.07, 6.45) is 0.187. The highest BCUT2D eigenvalue weighted by atomic mass is 16.6. The Balaban J connectivity index is 2.96. The van der Waals surface area contributed by atoms with Crippen LogP contribution < -0.4 is 0 Å². The molecule has 0 saturated carbocycles. The monoisotopic (exact) mass is 145 g/mol. The minimum atomic E-state index is -0.278. The Morgan fingerprint density at radius 2 is 2.20 bits per heavy atom. The molecule has 0 aromatic rings. The van der Waals surface area contributed by atoms with Crippen molar-refractivity contribution in [2.45, 2.75) is 13.3 Å². The molecule has 0 aromatic carbocycles. The molecular weight excluding hydrogens is 132 g/mol. The van der Waals surface area contributed by atoms with Gasteiger partial charge in [0.2, 0.25) is 0 Å². The molecule has 3 heteroatoms. The third kappa shape index (κ3) is 5.56. The van der Waals surface area contributed by atoms with E-state index in [1.807, 2.05) is 6.92 Å². The molecule has 0 fully saturated rings. The van der Waals surface area contributed by atoms with Crippen molar-refractivity contribution in [3.63, 3.8) is 0 Å². The van der Waals surface area contributed by atoms with Crippen molar-refractivity contribution >= 4 is 5.97 Å². The molecule has 0 amide bonds. The molecule has 0 bridgehead atoms. The van der Waals surface area contributed by atoms with Crippen LogP contribution in [0.1, 0.15) is 13.3 Å². The van der Waals surface area contributed by atoms with Crippen LogP contribution >= 0.6 is 0 Å². The van der Waals surface area contributed by atoms with Gasteiger partial charge in [0, 0.05) is 13.0 Å². The summed E-state index contributed by atoms with van der Waals surface area (Å²) in [5.41, 5.74) is 0. The van der Waals surface area contributed by atoms with Crippen LogP contribution in [0.3, 0.4) is 0 Å². The number of rotatable bonds is 5. The largest absolute Gasteiger partial charge is 0.463 e. The van der Waals surface area contributed by atoms with Gasteiger partial charge >= 0.3 is 5.97 Å². The van der Waals surface area contributed by atoms with Crippen molar-refractivity contribution in [1.82, 2.24) is 0 Å². The van der Waals surface area contributed by atoms with Crippen LogP contribution in [0.15, 0.2) is 0 Å². The lowest BCUT2D eigenvalue weighted by atomic mass is 10.5. The van der Waals surface area contributed by atoms with Gasteiger partial charge in [-0.3, -0.25) is 4.79 Å². The molecule has 59 valence electrons. The highest BCUT2D eigenvalue weighted by Gasteiger charge is 1.95. The number of hydrogen-bond acceptors (Lipinski definition) is 3. The predicted octanol–water partition coefficient (Wildman–Crippen LogP) is 0.790. The summed E-state index contributed by atoms with van der Waals surface area (Å²) in [7, 11) is 0. The predicted molar refractivity (Wildman–Crippen MR) is 37.4 cm³/mol. The molecule has 0 heterocycles. The minimum Gasteiger partial charge on any atom is -0.463 e. The van der Waals surface area contributed by atoms with Gasteiger partial charge in [0.25, 0.3) is 0 Å². The van der Waals surface area contributed by atoms with Gasteiger partial charge in [0.15, 0.2) is 0 Å². The van der Waals surface area contributed by atoms with Crippen molar-refractivity contribution in [2.24, 2.45) is 0 Å². The minimum absolute atomic E-state index is 0.187. The van der Waals surface area contributed by atoms with Gasteiger partial charge in [-0.05, 0) is 13.8 Å². The Kier molecular flexibility index (Phi) is 6.18. The highest BCUT2D eigenvalue weighted by Crippen LogP contribution is 1.83. The second-order valence-electron chi connectivity index (χ2n) is 1.67. The zero-order valence-electron chi connectivity index (χ0n) is 6.26. The van der Waals surface area contributed by atoms with Gasteiger partial charge < -0.3 is 9.47 Å². The molecule has 3 nitrogen and oxygen atoms in total. The fourth-order valence-corrected chi connectivity index (χ4v) is 0.431. The van der Waals surface area contributed by atoms with E-state index < -0.39 is 0 Å². The van der Waals surface area contributed by atoms with E-state index in [2.05, 4.69) is 11.7 Å². The zero-order valence-corrected chi connectivity index (χ0v) is 6.26. The molecule has 0 N–H and O–H groups in total. The van der Waals surface area contributed by atoms with E-state index in [-0.39, 0.29) is 12.4 Å². The molecule has 10 heavy (non-hydrogen) atoms. The molecule has 0 spiro atoms. The zero-order chi connectivity index (χ0) is 7.82. The summed E-state index contributed by atoms with van der Waals surface area (Å²) >= 11 is 0. The fraction of sp³-hybridized carbons (Fsp3) is 0.714. The van der Waals surface area contributed by atoms with Crippen molar-refractivity contribution < 1.29 is 14.3 Å². The van der Waals surface area contributed by atoms with Crippen molar-refractivity contribution in [3.8, 4) is 0 Å². The van der Waals surface area contributed by atoms with E-state index in [1.165, 1.54) is 0 Å². The molecule has 0 saturated heterocycles. The van der Waals surface area contributed by atoms with E-state index in [9.17, 15) is 4.79 Å². The SMILES string of the molecule is [CH2]CC(=O)OCCOCC. The van der Waals surface area contributed by atoms with E-state index in [1.54, 1.807) is 0 Å². The van der Waals surface area contributed by atoms with Gasteiger partial charge in [-0.2, -0.15) is 0 Å². The second kappa shape index (κ2) is 6.55. The van der Waals surface area contributed by atoms with Crippen molar-refractivity contribution in [1.29, 1.82) is 0 Å². The lowest BCUT2D eigenvalue weighted by molar-refractivity contribution is -0.144. The number of carbonyl (C=O) groups excluding carboxylic acids is 1. The Morgan fingerprint density at radius 3 is 2.70 bits per heavy atom. The van der Waals surface area contributed by atoms with Crippen LogP contribution in [0, 0.1) is 6.92 Å². The van der Waals surface area contributed by atoms with Gasteiger partial charge in [0.05, 0.1) is 6.61 Å². The van der Waals surface area contributed by atoms with Crippen LogP contribution in [-0.4, -0.2) is 25.8 Å². The number of esters is 1. The molecule has 0 aliphatic rings. The molecule has 0 aliphatic carbocycles. The van der Waals surface area contributed by atoms with Crippen molar-refractivity contribution in [3.05, 3.63) is 6.92 Å². The standard InChI is InChI=1S/C7H13O3/c1-3-7(8)10-6-5-9-4-2/h1,3-6H2,2H3. The maximum atomic E-state index is 10.4. The maximum absolute atomic E-state index is 10.4. The second-order valence-corrected chi connectivity index (χ2v) is 1.67. The van der Waals surface area contributed by atoms with E-state index in [0.29, 0.717) is 19.8 Å². The summed E-state index contributed by atoms with van der Waals surface area (Å²) < 4.78 is 9.60. The topological polar surface area (TPSA) is 35.5 Å². The number of ether oxygens (including phenoxy) is 2. The average Bonchev–Trinajstić information content (AvgIpc) is 1.98. The van der Waals surface area contributed by atoms with E-state index in [4.69, 9.17) is 4.74 Å². The summed E-state index contributed by atoms with van der Waals surface area (Å²) in [6, 6.07) is 0. The number of carbonyl (C=O) groups is 1. The van der Waals surface area contributed by atoms with Crippen LogP contribution in [0.5, 0.6) is 0 Å². The van der Waals surface area contributed by atoms with Crippen LogP contribution in [0.4, 0.5) is 0 Å². The van der Waals surface area contributed by atoms with Crippen LogP contribution in [0.2, 0.25) is 0 Å². The van der Waals surface area contributed by atoms with Crippen molar-refractivity contribution in [2.75, 3.05) is 19.8 Å². The highest BCUT2D eigenvalue weighted by molar-refractivity contribution is 5.69. The Bertz CT molecular complexity index is 90.9. The first-order valence-electron chi connectivity index (χ1n) is 3.33. The summed E-state index contributed by atoms with van der Waals surface area (Å²) in [6.45, 7) is 6.73. The Hall–Kier alpha value is -0.570. The lowest BCUT2D eigenvalue weighted by Gasteiger charge is -2.01. The quantitative estimate of drug-likeness (QED) is 0.424. The van der Waals surface area contributed by atoms with Crippen LogP contribution in [-0.2, 0) is 14.3 Å². The first-order chi connectivity index (χ1) is 4.81. The third-order valence-electron chi connectivity index (χ3n) is 0.899. The van der Waals surface area contributed by atoms with Gasteiger partial charge in [-0.25, -0.2) is 0 Å². The Labute approximate surface area is 61.3 Å². The number of hydrogen-bond donors (Lipinski definition) is 0. The van der Waals surface area contributed by atoms with Gasteiger partial charge in [-0.15, -0.1) is 0 Å². The molecular formula is C7H13O3. The van der Waals surface area contributed by atoms with E-state index >= 15 is 0 Å². The summed E-state index contributed by atoms with van der Waals surface area (Å²) in [5.74, 6) is -0.278. The smallest absolute Gasteiger partial charge is 0.305 e. The first-order valence-corrected chi connectivity index (χ1v) is 3.33. The Morgan fingerprint density at radius 1 is 1.50 bits per heavy atom. The fourth-order valence-electron chi connectivity index (χ4n) is 0.431. The molecule has 0 unspecified atom stereocenters. The normalized spacial score (nSPS) is 9.40. The molecule has 1 radical (unpaired) electrons. The maximum Gasteiger partial charge on any atom is 0.305 e. The molecule has 0 rings (SSSR count). The molecule has 0 atom stereocenters.